The molecule has 2 nitrogen and oxygen atoms in total. The number of hydrogen-bond donors (Lipinski definition) is 0. The van der Waals surface area contributed by atoms with Crippen LogP contribution in [0.15, 0.2) is 170 Å². The van der Waals surface area contributed by atoms with Crippen molar-refractivity contribution in [2.24, 2.45) is 0 Å². The molecule has 0 radical (unpaired) electrons. The molecular weight excluding hydrogens is 532 g/mol. The second kappa shape index (κ2) is 9.86. The van der Waals surface area contributed by atoms with Crippen molar-refractivity contribution in [3.63, 3.8) is 0 Å². The average Bonchev–Trinajstić information content (AvgIpc) is 3.42. The van der Waals surface area contributed by atoms with Crippen LogP contribution in [0.4, 0.5) is 17.1 Å². The van der Waals surface area contributed by atoms with E-state index in [0.717, 1.165) is 11.4 Å². The smallest absolute Gasteiger partial charge is 0.0620 e. The van der Waals surface area contributed by atoms with Crippen LogP contribution in [-0.4, -0.2) is 4.57 Å². The van der Waals surface area contributed by atoms with Crippen molar-refractivity contribution < 1.29 is 0 Å². The van der Waals surface area contributed by atoms with Crippen LogP contribution in [0.25, 0.3) is 59.8 Å². The summed E-state index contributed by atoms with van der Waals surface area (Å²) in [6, 6.07) is 61.5. The molecule has 0 bridgehead atoms. The SMILES string of the molecule is c1ccc(N(c2ccccc2)c2c3ccccc3c(-n3c4ccccc4c4ccccc43)c3cc4ccccc4cc23)cc1. The lowest BCUT2D eigenvalue weighted by molar-refractivity contribution is 1.21. The topological polar surface area (TPSA) is 8.17 Å². The number of benzene rings is 8. The van der Waals surface area contributed by atoms with Gasteiger partial charge in [-0.05, 0) is 59.3 Å². The van der Waals surface area contributed by atoms with Gasteiger partial charge in [0, 0.05) is 43.7 Å². The summed E-state index contributed by atoms with van der Waals surface area (Å²) in [7, 11) is 0. The lowest BCUT2D eigenvalue weighted by Crippen LogP contribution is -2.12. The molecule has 9 aromatic rings. The summed E-state index contributed by atoms with van der Waals surface area (Å²) in [6.45, 7) is 0. The van der Waals surface area contributed by atoms with Crippen LogP contribution in [0.1, 0.15) is 0 Å². The van der Waals surface area contributed by atoms with Gasteiger partial charge in [0.15, 0.2) is 0 Å². The molecule has 44 heavy (non-hydrogen) atoms. The van der Waals surface area contributed by atoms with Crippen LogP contribution in [-0.2, 0) is 0 Å². The van der Waals surface area contributed by atoms with Crippen molar-refractivity contribution in [1.29, 1.82) is 0 Å². The zero-order chi connectivity index (χ0) is 29.0. The summed E-state index contributed by atoms with van der Waals surface area (Å²) < 4.78 is 2.49. The van der Waals surface area contributed by atoms with E-state index in [9.17, 15) is 0 Å². The summed E-state index contributed by atoms with van der Waals surface area (Å²) in [5.41, 5.74) is 7.07. The van der Waals surface area contributed by atoms with E-state index in [1.165, 1.54) is 65.5 Å². The van der Waals surface area contributed by atoms with Gasteiger partial charge < -0.3 is 9.47 Å². The molecule has 0 aliphatic carbocycles. The highest BCUT2D eigenvalue weighted by Crippen LogP contribution is 2.48. The Morgan fingerprint density at radius 1 is 0.341 bits per heavy atom. The highest BCUT2D eigenvalue weighted by atomic mass is 15.1. The molecule has 1 aromatic heterocycles. The van der Waals surface area contributed by atoms with Gasteiger partial charge in [0.05, 0.1) is 22.4 Å². The molecule has 9 rings (SSSR count). The molecule has 0 aliphatic heterocycles. The first kappa shape index (κ1) is 24.7. The quantitative estimate of drug-likeness (QED) is 0.194. The Morgan fingerprint density at radius 3 is 1.34 bits per heavy atom. The molecule has 0 saturated heterocycles. The molecule has 0 aliphatic rings. The van der Waals surface area contributed by atoms with Crippen molar-refractivity contribution >= 4 is 71.2 Å². The van der Waals surface area contributed by atoms with Gasteiger partial charge >= 0.3 is 0 Å². The molecule has 0 N–H and O–H groups in total. The minimum absolute atomic E-state index is 1.13. The molecule has 0 spiro atoms. The summed E-state index contributed by atoms with van der Waals surface area (Å²) in [6.07, 6.45) is 0. The number of aromatic nitrogens is 1. The normalized spacial score (nSPS) is 11.6. The van der Waals surface area contributed by atoms with E-state index >= 15 is 0 Å². The number of hydrogen-bond acceptors (Lipinski definition) is 1. The Bertz CT molecular complexity index is 2400. The number of anilines is 3. The average molecular weight is 561 g/mol. The van der Waals surface area contributed by atoms with Gasteiger partial charge in [-0.3, -0.25) is 0 Å². The van der Waals surface area contributed by atoms with Crippen molar-refractivity contribution in [2.45, 2.75) is 0 Å². The minimum Gasteiger partial charge on any atom is -0.309 e. The zero-order valence-corrected chi connectivity index (χ0v) is 24.1. The van der Waals surface area contributed by atoms with Gasteiger partial charge in [0.25, 0.3) is 0 Å². The fourth-order valence-corrected chi connectivity index (χ4v) is 7.03. The number of para-hydroxylation sites is 4. The van der Waals surface area contributed by atoms with Gasteiger partial charge in [0.1, 0.15) is 0 Å². The predicted molar refractivity (Wildman–Crippen MR) is 188 cm³/mol. The van der Waals surface area contributed by atoms with E-state index in [1.807, 2.05) is 0 Å². The van der Waals surface area contributed by atoms with Crippen molar-refractivity contribution in [3.05, 3.63) is 170 Å². The van der Waals surface area contributed by atoms with Crippen LogP contribution in [0, 0.1) is 0 Å². The molecule has 2 heteroatoms. The minimum atomic E-state index is 1.13. The molecule has 0 unspecified atom stereocenters. The Labute approximate surface area is 255 Å². The first-order valence-electron chi connectivity index (χ1n) is 15.1. The summed E-state index contributed by atoms with van der Waals surface area (Å²) in [4.78, 5) is 2.43. The molecule has 1 heterocycles. The third-order valence-corrected chi connectivity index (χ3v) is 8.89. The Morgan fingerprint density at radius 2 is 0.773 bits per heavy atom. The standard InChI is InChI=1S/C42H28N2/c1-3-17-31(18-4-1)43(32-19-5-2-6-20-32)41-35-23-9-10-24-36(35)42(38-28-30-16-8-7-15-29(30)27-37(38)41)44-39-25-13-11-21-33(39)34-22-12-14-26-40(34)44/h1-28H. The van der Waals surface area contributed by atoms with E-state index in [-0.39, 0.29) is 0 Å². The zero-order valence-electron chi connectivity index (χ0n) is 24.1. The molecular formula is C42H28N2. The van der Waals surface area contributed by atoms with E-state index in [4.69, 9.17) is 0 Å². The van der Waals surface area contributed by atoms with Gasteiger partial charge in [-0.2, -0.15) is 0 Å². The van der Waals surface area contributed by atoms with Gasteiger partial charge in [-0.25, -0.2) is 0 Å². The van der Waals surface area contributed by atoms with E-state index in [2.05, 4.69) is 179 Å². The number of rotatable bonds is 4. The Kier molecular flexibility index (Phi) is 5.54. The largest absolute Gasteiger partial charge is 0.309 e. The lowest BCUT2D eigenvalue weighted by Gasteiger charge is -2.30. The van der Waals surface area contributed by atoms with E-state index < -0.39 is 0 Å². The first-order valence-corrected chi connectivity index (χ1v) is 15.1. The third-order valence-electron chi connectivity index (χ3n) is 8.89. The van der Waals surface area contributed by atoms with Crippen LogP contribution in [0.3, 0.4) is 0 Å². The fourth-order valence-electron chi connectivity index (χ4n) is 7.03. The highest BCUT2D eigenvalue weighted by Gasteiger charge is 2.24. The van der Waals surface area contributed by atoms with Crippen LogP contribution >= 0.6 is 0 Å². The van der Waals surface area contributed by atoms with Gasteiger partial charge in [0.2, 0.25) is 0 Å². The molecule has 0 fully saturated rings. The monoisotopic (exact) mass is 560 g/mol. The summed E-state index contributed by atoms with van der Waals surface area (Å²) in [5, 5.41) is 9.85. The maximum atomic E-state index is 2.49. The molecule has 206 valence electrons. The van der Waals surface area contributed by atoms with Gasteiger partial charge in [-0.15, -0.1) is 0 Å². The fraction of sp³-hybridized carbons (Fsp3) is 0. The lowest BCUT2D eigenvalue weighted by atomic mass is 9.94. The van der Waals surface area contributed by atoms with Crippen LogP contribution < -0.4 is 4.90 Å². The van der Waals surface area contributed by atoms with Crippen LogP contribution in [0.2, 0.25) is 0 Å². The maximum absolute atomic E-state index is 2.49. The second-order valence-electron chi connectivity index (χ2n) is 11.4. The first-order chi connectivity index (χ1) is 21.9. The van der Waals surface area contributed by atoms with Crippen molar-refractivity contribution in [1.82, 2.24) is 4.57 Å². The molecule has 0 atom stereocenters. The van der Waals surface area contributed by atoms with E-state index in [0.29, 0.717) is 0 Å². The highest BCUT2D eigenvalue weighted by molar-refractivity contribution is 6.23. The summed E-state index contributed by atoms with van der Waals surface area (Å²) >= 11 is 0. The predicted octanol–water partition coefficient (Wildman–Crippen LogP) is 11.7. The Hall–Kier alpha value is -5.86. The Balaban J connectivity index is 1.53. The van der Waals surface area contributed by atoms with Crippen LogP contribution in [0.5, 0.6) is 0 Å². The van der Waals surface area contributed by atoms with Crippen molar-refractivity contribution in [3.8, 4) is 5.69 Å². The maximum Gasteiger partial charge on any atom is 0.0620 e. The molecule has 0 amide bonds. The van der Waals surface area contributed by atoms with Crippen molar-refractivity contribution in [2.75, 3.05) is 4.90 Å². The number of fused-ring (bicyclic) bond motifs is 6. The molecule has 8 aromatic carbocycles. The molecule has 0 saturated carbocycles. The third kappa shape index (κ3) is 3.68. The van der Waals surface area contributed by atoms with E-state index in [1.54, 1.807) is 0 Å². The second-order valence-corrected chi connectivity index (χ2v) is 11.4. The summed E-state index contributed by atoms with van der Waals surface area (Å²) in [5.74, 6) is 0. The number of nitrogens with zero attached hydrogens (tertiary/aromatic N) is 2. The van der Waals surface area contributed by atoms with Gasteiger partial charge in [-0.1, -0.05) is 121 Å².